The number of anilines is 1. The van der Waals surface area contributed by atoms with Crippen molar-refractivity contribution in [2.75, 3.05) is 5.43 Å². The van der Waals surface area contributed by atoms with Crippen molar-refractivity contribution in [1.82, 2.24) is 19.5 Å². The van der Waals surface area contributed by atoms with E-state index in [2.05, 4.69) is 25.5 Å². The van der Waals surface area contributed by atoms with Crippen molar-refractivity contribution in [3.8, 4) is 0 Å². The topological polar surface area (TPSA) is 68.0 Å². The van der Waals surface area contributed by atoms with Crippen molar-refractivity contribution in [2.24, 2.45) is 12.1 Å². The summed E-state index contributed by atoms with van der Waals surface area (Å²) in [5.41, 5.74) is 6.34. The second-order valence-electron chi connectivity index (χ2n) is 4.99. The summed E-state index contributed by atoms with van der Waals surface area (Å²) in [6, 6.07) is 4.97. The van der Waals surface area contributed by atoms with E-state index in [0.717, 1.165) is 11.2 Å². The fourth-order valence-corrected chi connectivity index (χ4v) is 2.11. The van der Waals surface area contributed by atoms with Crippen LogP contribution in [0.1, 0.15) is 18.2 Å². The number of fused-ring (bicyclic) bond motifs is 1. The first-order valence-corrected chi connectivity index (χ1v) is 6.75. The lowest BCUT2D eigenvalue weighted by atomic mass is 10.2. The molecule has 0 aliphatic rings. The fraction of sp³-hybridized carbons (Fsp3) is 0.200. The van der Waals surface area contributed by atoms with E-state index in [-0.39, 0.29) is 5.82 Å². The molecule has 22 heavy (non-hydrogen) atoms. The first kappa shape index (κ1) is 14.1. The largest absolute Gasteiger partial charge is 0.312 e. The zero-order valence-electron chi connectivity index (χ0n) is 12.5. The predicted octanol–water partition coefficient (Wildman–Crippen LogP) is 2.65. The maximum absolute atomic E-state index is 13.6. The molecule has 0 atom stereocenters. The lowest BCUT2D eigenvalue weighted by Gasteiger charge is -2.03. The van der Waals surface area contributed by atoms with E-state index >= 15 is 0 Å². The van der Waals surface area contributed by atoms with Crippen molar-refractivity contribution in [1.29, 1.82) is 0 Å². The summed E-state index contributed by atoms with van der Waals surface area (Å²) in [7, 11) is 1.85. The Morgan fingerprint density at radius 3 is 2.91 bits per heavy atom. The number of imidazole rings is 1. The van der Waals surface area contributed by atoms with Gasteiger partial charge in [-0.3, -0.25) is 0 Å². The normalized spacial score (nSPS) is 11.9. The van der Waals surface area contributed by atoms with Crippen LogP contribution in [0, 0.1) is 12.7 Å². The highest BCUT2D eigenvalue weighted by molar-refractivity contribution is 5.97. The van der Waals surface area contributed by atoms with Crippen molar-refractivity contribution in [2.45, 2.75) is 13.8 Å². The minimum atomic E-state index is -0.266. The highest BCUT2D eigenvalue weighted by Gasteiger charge is 2.10. The molecule has 2 heterocycles. The van der Waals surface area contributed by atoms with Crippen LogP contribution in [0.4, 0.5) is 10.3 Å². The van der Waals surface area contributed by atoms with Crippen LogP contribution >= 0.6 is 0 Å². The summed E-state index contributed by atoms with van der Waals surface area (Å²) in [6.07, 6.45) is 3.12. The van der Waals surface area contributed by atoms with E-state index in [0.29, 0.717) is 22.7 Å². The van der Waals surface area contributed by atoms with Gasteiger partial charge in [-0.05, 0) is 31.5 Å². The molecule has 0 bridgehead atoms. The second kappa shape index (κ2) is 5.51. The molecule has 3 rings (SSSR count). The van der Waals surface area contributed by atoms with Crippen LogP contribution in [0.2, 0.25) is 0 Å². The third-order valence-corrected chi connectivity index (χ3v) is 3.44. The van der Waals surface area contributed by atoms with Crippen molar-refractivity contribution in [3.05, 3.63) is 47.8 Å². The molecule has 0 saturated carbocycles. The van der Waals surface area contributed by atoms with Crippen LogP contribution in [0.25, 0.3) is 11.0 Å². The molecule has 0 fully saturated rings. The van der Waals surface area contributed by atoms with E-state index in [9.17, 15) is 4.39 Å². The highest BCUT2D eigenvalue weighted by atomic mass is 19.1. The number of hydrogen-bond donors (Lipinski definition) is 1. The van der Waals surface area contributed by atoms with Crippen LogP contribution in [0.3, 0.4) is 0 Å². The molecule has 0 aliphatic heterocycles. The van der Waals surface area contributed by atoms with Crippen molar-refractivity contribution >= 4 is 22.7 Å². The molecule has 0 unspecified atom stereocenters. The molecule has 7 heteroatoms. The summed E-state index contributed by atoms with van der Waals surface area (Å²) in [6.45, 7) is 3.56. The van der Waals surface area contributed by atoms with Gasteiger partial charge in [0.25, 0.3) is 0 Å². The van der Waals surface area contributed by atoms with Gasteiger partial charge in [0.15, 0.2) is 0 Å². The van der Waals surface area contributed by atoms with Gasteiger partial charge in [0.05, 0.1) is 22.4 Å². The molecule has 0 amide bonds. The molecule has 112 valence electrons. The van der Waals surface area contributed by atoms with Gasteiger partial charge < -0.3 is 4.57 Å². The smallest absolute Gasteiger partial charge is 0.224 e. The van der Waals surface area contributed by atoms with Gasteiger partial charge in [-0.25, -0.2) is 24.8 Å². The summed E-state index contributed by atoms with van der Waals surface area (Å²) in [4.78, 5) is 12.3. The molecule has 6 nitrogen and oxygen atoms in total. The first-order valence-electron chi connectivity index (χ1n) is 6.75. The Hall–Kier alpha value is -2.83. The Bertz CT molecular complexity index is 853. The van der Waals surface area contributed by atoms with Crippen LogP contribution in [-0.2, 0) is 7.05 Å². The number of benzene rings is 1. The van der Waals surface area contributed by atoms with E-state index in [1.54, 1.807) is 25.3 Å². The van der Waals surface area contributed by atoms with Gasteiger partial charge >= 0.3 is 0 Å². The third kappa shape index (κ3) is 2.52. The van der Waals surface area contributed by atoms with Gasteiger partial charge in [0, 0.05) is 19.3 Å². The predicted molar refractivity (Wildman–Crippen MR) is 83.3 cm³/mol. The lowest BCUT2D eigenvalue weighted by molar-refractivity contribution is 0.620. The molecule has 1 aromatic carbocycles. The van der Waals surface area contributed by atoms with Gasteiger partial charge in [-0.2, -0.15) is 5.10 Å². The van der Waals surface area contributed by atoms with Crippen LogP contribution in [0.5, 0.6) is 0 Å². The van der Waals surface area contributed by atoms with E-state index in [1.165, 1.54) is 12.4 Å². The number of hydrogen-bond acceptors (Lipinski definition) is 5. The quantitative estimate of drug-likeness (QED) is 0.596. The van der Waals surface area contributed by atoms with Gasteiger partial charge in [-0.1, -0.05) is 0 Å². The summed E-state index contributed by atoms with van der Waals surface area (Å²) in [5, 5.41) is 4.26. The number of hydrazone groups is 1. The van der Waals surface area contributed by atoms with Gasteiger partial charge in [0.2, 0.25) is 5.95 Å². The van der Waals surface area contributed by atoms with Crippen molar-refractivity contribution in [3.63, 3.8) is 0 Å². The van der Waals surface area contributed by atoms with E-state index in [4.69, 9.17) is 0 Å². The molecule has 0 spiro atoms. The number of rotatable bonds is 3. The zero-order valence-corrected chi connectivity index (χ0v) is 12.5. The molecule has 2 aromatic heterocycles. The SMILES string of the molecule is C/C(=N\Nc1nc2cc(F)c(C)cc2n1C)c1ccncn1. The minimum Gasteiger partial charge on any atom is -0.312 e. The fourth-order valence-electron chi connectivity index (χ4n) is 2.11. The number of nitrogens with one attached hydrogen (secondary N) is 1. The highest BCUT2D eigenvalue weighted by Crippen LogP contribution is 2.21. The lowest BCUT2D eigenvalue weighted by Crippen LogP contribution is -2.05. The number of halogens is 1. The Balaban J connectivity index is 1.93. The van der Waals surface area contributed by atoms with E-state index in [1.807, 2.05) is 18.5 Å². The van der Waals surface area contributed by atoms with Gasteiger partial charge in [-0.15, -0.1) is 0 Å². The molecule has 0 saturated heterocycles. The van der Waals surface area contributed by atoms with Crippen molar-refractivity contribution < 1.29 is 4.39 Å². The van der Waals surface area contributed by atoms with Crippen LogP contribution in [-0.4, -0.2) is 25.2 Å². The number of aryl methyl sites for hydroxylation is 2. The standard InChI is InChI=1S/C15H15FN6/c1-9-6-14-13(7-11(9)16)19-15(22(14)3)21-20-10(2)12-4-5-17-8-18-12/h4-8H,1-3H3,(H,19,21)/b20-10+. The maximum Gasteiger partial charge on any atom is 0.224 e. The minimum absolute atomic E-state index is 0.266. The summed E-state index contributed by atoms with van der Waals surface area (Å²) in [5.74, 6) is 0.270. The molecule has 0 aliphatic carbocycles. The average molecular weight is 298 g/mol. The molecule has 3 aromatic rings. The molecule has 0 radical (unpaired) electrons. The summed E-state index contributed by atoms with van der Waals surface area (Å²) >= 11 is 0. The third-order valence-electron chi connectivity index (χ3n) is 3.44. The molecular weight excluding hydrogens is 283 g/mol. The van der Waals surface area contributed by atoms with E-state index < -0.39 is 0 Å². The van der Waals surface area contributed by atoms with Crippen LogP contribution in [0.15, 0.2) is 35.8 Å². The Morgan fingerprint density at radius 2 is 2.18 bits per heavy atom. The Labute approximate surface area is 126 Å². The first-order chi connectivity index (χ1) is 10.6. The average Bonchev–Trinajstić information content (AvgIpc) is 2.82. The Kier molecular flexibility index (Phi) is 3.54. The molecule has 1 N–H and O–H groups in total. The van der Waals surface area contributed by atoms with Gasteiger partial charge in [0.1, 0.15) is 12.1 Å². The monoisotopic (exact) mass is 298 g/mol. The second-order valence-corrected chi connectivity index (χ2v) is 4.99. The summed E-state index contributed by atoms with van der Waals surface area (Å²) < 4.78 is 15.4. The maximum atomic E-state index is 13.6. The van der Waals surface area contributed by atoms with Crippen LogP contribution < -0.4 is 5.43 Å². The number of nitrogens with zero attached hydrogens (tertiary/aromatic N) is 5. The Morgan fingerprint density at radius 1 is 1.36 bits per heavy atom. The zero-order chi connectivity index (χ0) is 15.7. The number of aromatic nitrogens is 4. The molecular formula is C15H15FN6.